The lowest BCUT2D eigenvalue weighted by Gasteiger charge is -2.20. The summed E-state index contributed by atoms with van der Waals surface area (Å²) in [4.78, 5) is 29.2. The van der Waals surface area contributed by atoms with Crippen LogP contribution in [0.25, 0.3) is 10.9 Å². The maximum atomic E-state index is 12.4. The van der Waals surface area contributed by atoms with Gasteiger partial charge in [-0.15, -0.1) is 0 Å². The van der Waals surface area contributed by atoms with Crippen molar-refractivity contribution in [3.63, 3.8) is 0 Å². The summed E-state index contributed by atoms with van der Waals surface area (Å²) in [7, 11) is 0. The van der Waals surface area contributed by atoms with E-state index in [-0.39, 0.29) is 18.4 Å². The van der Waals surface area contributed by atoms with Crippen LogP contribution in [0, 0.1) is 0 Å². The Morgan fingerprint density at radius 1 is 1.11 bits per heavy atom. The van der Waals surface area contributed by atoms with Gasteiger partial charge in [-0.3, -0.25) is 9.59 Å². The van der Waals surface area contributed by atoms with E-state index in [0.29, 0.717) is 25.3 Å². The first-order valence-electron chi connectivity index (χ1n) is 9.40. The molecule has 6 heteroatoms. The van der Waals surface area contributed by atoms with Crippen LogP contribution in [-0.4, -0.2) is 41.4 Å². The van der Waals surface area contributed by atoms with Gasteiger partial charge < -0.3 is 19.9 Å². The zero-order valence-corrected chi connectivity index (χ0v) is 16.2. The van der Waals surface area contributed by atoms with Gasteiger partial charge in [0.15, 0.2) is 0 Å². The molecule has 28 heavy (non-hydrogen) atoms. The topological polar surface area (TPSA) is 74.4 Å². The summed E-state index contributed by atoms with van der Waals surface area (Å²) < 4.78 is 5.39. The van der Waals surface area contributed by atoms with Gasteiger partial charge in [0.25, 0.3) is 0 Å². The number of carbonyl (C=O) groups is 2. The largest absolute Gasteiger partial charge is 0.494 e. The van der Waals surface area contributed by atoms with Crippen LogP contribution < -0.4 is 10.1 Å². The average Bonchev–Trinajstić information content (AvgIpc) is 3.10. The lowest BCUT2D eigenvalue weighted by molar-refractivity contribution is -0.132. The molecule has 146 valence electrons. The smallest absolute Gasteiger partial charge is 0.243 e. The first-order chi connectivity index (χ1) is 13.6. The third-order valence-electron chi connectivity index (χ3n) is 4.55. The molecule has 0 saturated carbocycles. The van der Waals surface area contributed by atoms with Gasteiger partial charge in [0, 0.05) is 36.3 Å². The molecule has 3 aromatic rings. The number of benzene rings is 2. The van der Waals surface area contributed by atoms with E-state index >= 15 is 0 Å². The summed E-state index contributed by atoms with van der Waals surface area (Å²) in [5, 5.41) is 3.97. The van der Waals surface area contributed by atoms with Gasteiger partial charge in [-0.25, -0.2) is 0 Å². The van der Waals surface area contributed by atoms with Crippen molar-refractivity contribution in [2.45, 2.75) is 20.3 Å². The maximum absolute atomic E-state index is 12.4. The molecule has 0 fully saturated rings. The van der Waals surface area contributed by atoms with Gasteiger partial charge in [-0.2, -0.15) is 0 Å². The highest BCUT2D eigenvalue weighted by Gasteiger charge is 2.15. The van der Waals surface area contributed by atoms with Gasteiger partial charge in [-0.1, -0.05) is 18.2 Å². The van der Waals surface area contributed by atoms with Crippen molar-refractivity contribution in [1.82, 2.24) is 9.88 Å². The number of rotatable bonds is 8. The molecule has 3 rings (SSSR count). The fraction of sp³-hybridized carbons (Fsp3) is 0.273. The highest BCUT2D eigenvalue weighted by Crippen LogP contribution is 2.19. The summed E-state index contributed by atoms with van der Waals surface area (Å²) in [5.74, 6) is 0.407. The first kappa shape index (κ1) is 19.5. The van der Waals surface area contributed by atoms with E-state index in [0.717, 1.165) is 22.2 Å². The molecule has 2 aromatic carbocycles. The summed E-state index contributed by atoms with van der Waals surface area (Å²) >= 11 is 0. The second-order valence-electron chi connectivity index (χ2n) is 6.56. The predicted octanol–water partition coefficient (Wildman–Crippen LogP) is 3.60. The highest BCUT2D eigenvalue weighted by molar-refractivity contribution is 5.94. The molecule has 0 aliphatic rings. The molecule has 0 unspecified atom stereocenters. The molecule has 6 nitrogen and oxygen atoms in total. The Kier molecular flexibility index (Phi) is 6.32. The highest BCUT2D eigenvalue weighted by atomic mass is 16.5. The Morgan fingerprint density at radius 2 is 1.86 bits per heavy atom. The number of para-hydroxylation sites is 1. The number of aromatic amines is 1. The zero-order valence-electron chi connectivity index (χ0n) is 16.2. The minimum Gasteiger partial charge on any atom is -0.494 e. The van der Waals surface area contributed by atoms with Crippen molar-refractivity contribution in [3.8, 4) is 5.75 Å². The Morgan fingerprint density at radius 3 is 2.57 bits per heavy atom. The number of H-pyrrole nitrogens is 1. The minimum atomic E-state index is -0.224. The van der Waals surface area contributed by atoms with Crippen LogP contribution in [-0.2, 0) is 16.0 Å². The number of fused-ring (bicyclic) bond motifs is 1. The molecular weight excluding hydrogens is 354 g/mol. The van der Waals surface area contributed by atoms with E-state index < -0.39 is 0 Å². The molecule has 1 aromatic heterocycles. The molecular formula is C22H25N3O3. The van der Waals surface area contributed by atoms with E-state index in [1.54, 1.807) is 29.2 Å². The van der Waals surface area contributed by atoms with Gasteiger partial charge in [0.05, 0.1) is 13.2 Å². The number of aromatic nitrogens is 1. The van der Waals surface area contributed by atoms with Crippen LogP contribution in [0.3, 0.4) is 0 Å². The second kappa shape index (κ2) is 9.08. The molecule has 0 radical (unpaired) electrons. The van der Waals surface area contributed by atoms with Crippen LogP contribution in [0.4, 0.5) is 5.69 Å². The standard InChI is InChI=1S/C22H25N3O3/c1-3-28-19-10-8-18(9-11-19)24-22(27)15-25(16(2)26)13-12-17-14-23-21-7-5-4-6-20(17)21/h4-11,14,23H,3,12-13,15H2,1-2H3,(H,24,27). The zero-order chi connectivity index (χ0) is 19.9. The summed E-state index contributed by atoms with van der Waals surface area (Å²) in [6.45, 7) is 4.50. The van der Waals surface area contributed by atoms with Crippen molar-refractivity contribution < 1.29 is 14.3 Å². The van der Waals surface area contributed by atoms with Gasteiger partial charge >= 0.3 is 0 Å². The van der Waals surface area contributed by atoms with E-state index in [1.807, 2.05) is 31.3 Å². The number of hydrogen-bond acceptors (Lipinski definition) is 3. The molecule has 0 atom stereocenters. The maximum Gasteiger partial charge on any atom is 0.243 e. The molecule has 0 spiro atoms. The number of anilines is 1. The lowest BCUT2D eigenvalue weighted by atomic mass is 10.1. The monoisotopic (exact) mass is 379 g/mol. The van der Waals surface area contributed by atoms with E-state index in [2.05, 4.69) is 16.4 Å². The van der Waals surface area contributed by atoms with Crippen molar-refractivity contribution in [1.29, 1.82) is 0 Å². The number of nitrogens with zero attached hydrogens (tertiary/aromatic N) is 1. The predicted molar refractivity (Wildman–Crippen MR) is 110 cm³/mol. The lowest BCUT2D eigenvalue weighted by Crippen LogP contribution is -2.37. The van der Waals surface area contributed by atoms with E-state index in [1.165, 1.54) is 6.92 Å². The number of carbonyl (C=O) groups excluding carboxylic acids is 2. The van der Waals surface area contributed by atoms with Crippen LogP contribution in [0.2, 0.25) is 0 Å². The average molecular weight is 379 g/mol. The molecule has 0 aliphatic carbocycles. The summed E-state index contributed by atoms with van der Waals surface area (Å²) in [5.41, 5.74) is 2.88. The number of ether oxygens (including phenoxy) is 1. The minimum absolute atomic E-state index is 0.0188. The van der Waals surface area contributed by atoms with E-state index in [9.17, 15) is 9.59 Å². The molecule has 0 bridgehead atoms. The Bertz CT molecular complexity index is 947. The normalized spacial score (nSPS) is 10.6. The van der Waals surface area contributed by atoms with Crippen molar-refractivity contribution in [2.24, 2.45) is 0 Å². The van der Waals surface area contributed by atoms with Crippen LogP contribution >= 0.6 is 0 Å². The Labute approximate surface area is 164 Å². The SMILES string of the molecule is CCOc1ccc(NC(=O)CN(CCc2c[nH]c3ccccc23)C(C)=O)cc1. The molecule has 0 aliphatic heterocycles. The third kappa shape index (κ3) is 4.91. The van der Waals surface area contributed by atoms with Gasteiger partial charge in [-0.05, 0) is 49.2 Å². The van der Waals surface area contributed by atoms with Crippen LogP contribution in [0.15, 0.2) is 54.7 Å². The van der Waals surface area contributed by atoms with Crippen molar-refractivity contribution in [3.05, 3.63) is 60.3 Å². The van der Waals surface area contributed by atoms with Gasteiger partial charge in [0.2, 0.25) is 11.8 Å². The fourth-order valence-corrected chi connectivity index (χ4v) is 3.12. The van der Waals surface area contributed by atoms with Crippen molar-refractivity contribution >= 4 is 28.4 Å². The van der Waals surface area contributed by atoms with Crippen LogP contribution in [0.5, 0.6) is 5.75 Å². The van der Waals surface area contributed by atoms with E-state index in [4.69, 9.17) is 4.74 Å². The van der Waals surface area contributed by atoms with Gasteiger partial charge in [0.1, 0.15) is 5.75 Å². The quantitative estimate of drug-likeness (QED) is 0.628. The Hall–Kier alpha value is -3.28. The second-order valence-corrected chi connectivity index (χ2v) is 6.56. The van der Waals surface area contributed by atoms with Crippen molar-refractivity contribution in [2.75, 3.05) is 25.0 Å². The summed E-state index contributed by atoms with van der Waals surface area (Å²) in [6, 6.07) is 15.2. The number of nitrogens with one attached hydrogen (secondary N) is 2. The Balaban J connectivity index is 1.57. The first-order valence-corrected chi connectivity index (χ1v) is 9.40. The molecule has 2 amide bonds. The molecule has 1 heterocycles. The molecule has 0 saturated heterocycles. The number of hydrogen-bond donors (Lipinski definition) is 2. The molecule has 2 N–H and O–H groups in total. The third-order valence-corrected chi connectivity index (χ3v) is 4.55. The van der Waals surface area contributed by atoms with Crippen LogP contribution in [0.1, 0.15) is 19.4 Å². The summed E-state index contributed by atoms with van der Waals surface area (Å²) in [6.07, 6.45) is 2.64. The fourth-order valence-electron chi connectivity index (χ4n) is 3.12. The number of amides is 2.